The van der Waals surface area contributed by atoms with Crippen LogP contribution in [0, 0.1) is 6.92 Å². The third-order valence-electron chi connectivity index (χ3n) is 2.52. The topological polar surface area (TPSA) is 94.8 Å². The van der Waals surface area contributed by atoms with Crippen molar-refractivity contribution in [3.63, 3.8) is 0 Å². The summed E-state index contributed by atoms with van der Waals surface area (Å²) >= 11 is 0. The highest BCUT2D eigenvalue weighted by Gasteiger charge is 2.30. The van der Waals surface area contributed by atoms with Crippen molar-refractivity contribution in [1.82, 2.24) is 0 Å². The standard InChI is InChI=1S/C11H8O5/c1-4-6(12)2-5-9(10(4)15)7(13)3-8(14)11(5)16/h2-3,12-13,15H,1H3. The molecule has 1 aliphatic rings. The number of fused-ring (bicyclic) bond motifs is 1. The summed E-state index contributed by atoms with van der Waals surface area (Å²) in [5, 5.41) is 28.6. The van der Waals surface area contributed by atoms with Crippen molar-refractivity contribution in [1.29, 1.82) is 0 Å². The van der Waals surface area contributed by atoms with E-state index in [2.05, 4.69) is 0 Å². The highest BCUT2D eigenvalue weighted by molar-refractivity contribution is 6.50. The zero-order valence-corrected chi connectivity index (χ0v) is 8.31. The Morgan fingerprint density at radius 2 is 1.75 bits per heavy atom. The smallest absolute Gasteiger partial charge is 0.234 e. The molecule has 16 heavy (non-hydrogen) atoms. The van der Waals surface area contributed by atoms with Crippen molar-refractivity contribution in [3.05, 3.63) is 28.8 Å². The monoisotopic (exact) mass is 220 g/mol. The van der Waals surface area contributed by atoms with E-state index in [-0.39, 0.29) is 22.4 Å². The van der Waals surface area contributed by atoms with E-state index in [0.29, 0.717) is 0 Å². The first kappa shape index (κ1) is 10.2. The lowest BCUT2D eigenvalue weighted by Crippen LogP contribution is -2.19. The number of ketones is 2. The van der Waals surface area contributed by atoms with Crippen LogP contribution in [0.25, 0.3) is 5.76 Å². The van der Waals surface area contributed by atoms with Crippen LogP contribution in [0.3, 0.4) is 0 Å². The molecule has 0 atom stereocenters. The van der Waals surface area contributed by atoms with E-state index < -0.39 is 23.1 Å². The fourth-order valence-electron chi connectivity index (χ4n) is 1.59. The largest absolute Gasteiger partial charge is 0.508 e. The summed E-state index contributed by atoms with van der Waals surface area (Å²) in [7, 11) is 0. The summed E-state index contributed by atoms with van der Waals surface area (Å²) < 4.78 is 0. The Bertz CT molecular complexity index is 554. The van der Waals surface area contributed by atoms with Gasteiger partial charge in [-0.1, -0.05) is 0 Å². The SMILES string of the molecule is Cc1c(O)cc2c(c1O)C(O)=CC(=O)C2=O. The van der Waals surface area contributed by atoms with Crippen LogP contribution >= 0.6 is 0 Å². The normalized spacial score (nSPS) is 14.7. The summed E-state index contributed by atoms with van der Waals surface area (Å²) in [5.74, 6) is -2.91. The van der Waals surface area contributed by atoms with Crippen molar-refractivity contribution in [3.8, 4) is 11.5 Å². The van der Waals surface area contributed by atoms with Crippen molar-refractivity contribution >= 4 is 17.3 Å². The summed E-state index contributed by atoms with van der Waals surface area (Å²) in [4.78, 5) is 22.6. The Kier molecular flexibility index (Phi) is 1.98. The van der Waals surface area contributed by atoms with Crippen LogP contribution in [0.2, 0.25) is 0 Å². The van der Waals surface area contributed by atoms with Gasteiger partial charge in [0.05, 0.1) is 5.56 Å². The fraction of sp³-hybridized carbons (Fsp3) is 0.0909. The molecule has 1 aromatic carbocycles. The molecule has 5 nitrogen and oxygen atoms in total. The minimum Gasteiger partial charge on any atom is -0.508 e. The predicted molar refractivity (Wildman–Crippen MR) is 54.5 cm³/mol. The predicted octanol–water partition coefficient (Wildman–Crippen LogP) is 1.07. The van der Waals surface area contributed by atoms with Crippen LogP contribution in [-0.2, 0) is 4.79 Å². The Morgan fingerprint density at radius 3 is 2.38 bits per heavy atom. The first-order valence-corrected chi connectivity index (χ1v) is 4.48. The van der Waals surface area contributed by atoms with Crippen LogP contribution in [0.4, 0.5) is 0 Å². The number of allylic oxidation sites excluding steroid dienone is 1. The molecule has 0 aliphatic heterocycles. The Morgan fingerprint density at radius 1 is 1.12 bits per heavy atom. The van der Waals surface area contributed by atoms with Crippen molar-refractivity contribution in [2.75, 3.05) is 0 Å². The number of rotatable bonds is 0. The Hall–Kier alpha value is -2.30. The second-order valence-electron chi connectivity index (χ2n) is 3.51. The first-order chi connectivity index (χ1) is 7.43. The van der Waals surface area contributed by atoms with E-state index in [0.717, 1.165) is 12.1 Å². The van der Waals surface area contributed by atoms with Gasteiger partial charge in [0.25, 0.3) is 0 Å². The van der Waals surface area contributed by atoms with Crippen molar-refractivity contribution < 1.29 is 24.9 Å². The minimum absolute atomic E-state index is 0.111. The molecular weight excluding hydrogens is 212 g/mol. The van der Waals surface area contributed by atoms with E-state index in [9.17, 15) is 24.9 Å². The molecule has 0 fully saturated rings. The van der Waals surface area contributed by atoms with Gasteiger partial charge in [-0.15, -0.1) is 0 Å². The number of benzene rings is 1. The molecule has 1 aromatic rings. The van der Waals surface area contributed by atoms with Crippen LogP contribution < -0.4 is 0 Å². The van der Waals surface area contributed by atoms with Gasteiger partial charge in [-0.05, 0) is 13.0 Å². The molecule has 0 heterocycles. The zero-order chi connectivity index (χ0) is 12.0. The van der Waals surface area contributed by atoms with Gasteiger partial charge in [-0.25, -0.2) is 0 Å². The number of aliphatic hydroxyl groups excluding tert-OH is 1. The van der Waals surface area contributed by atoms with Gasteiger partial charge in [-0.2, -0.15) is 0 Å². The number of carbonyl (C=O) groups excluding carboxylic acids is 2. The molecule has 0 bridgehead atoms. The van der Waals surface area contributed by atoms with Crippen LogP contribution in [0.1, 0.15) is 21.5 Å². The lowest BCUT2D eigenvalue weighted by atomic mass is 9.91. The average Bonchev–Trinajstić information content (AvgIpc) is 2.22. The molecule has 0 amide bonds. The molecule has 0 aromatic heterocycles. The maximum Gasteiger partial charge on any atom is 0.234 e. The van der Waals surface area contributed by atoms with Crippen molar-refractivity contribution in [2.24, 2.45) is 0 Å². The highest BCUT2D eigenvalue weighted by Crippen LogP contribution is 2.38. The molecule has 1 aliphatic carbocycles. The minimum atomic E-state index is -0.882. The van der Waals surface area contributed by atoms with E-state index in [4.69, 9.17) is 0 Å². The van der Waals surface area contributed by atoms with Gasteiger partial charge in [0.15, 0.2) is 0 Å². The summed E-state index contributed by atoms with van der Waals surface area (Å²) in [6.45, 7) is 1.43. The summed E-state index contributed by atoms with van der Waals surface area (Å²) in [5.41, 5.74) is -0.161. The molecule has 0 radical (unpaired) electrons. The molecule has 3 N–H and O–H groups in total. The number of phenols is 2. The van der Waals surface area contributed by atoms with Gasteiger partial charge >= 0.3 is 0 Å². The quantitative estimate of drug-likeness (QED) is 0.568. The summed E-state index contributed by atoms with van der Waals surface area (Å²) in [6, 6.07) is 1.06. The average molecular weight is 220 g/mol. The number of carbonyl (C=O) groups is 2. The van der Waals surface area contributed by atoms with Gasteiger partial charge in [0.2, 0.25) is 11.6 Å². The molecule has 0 unspecified atom stereocenters. The number of hydrogen-bond donors (Lipinski definition) is 3. The molecule has 5 heteroatoms. The maximum absolute atomic E-state index is 11.5. The van der Waals surface area contributed by atoms with E-state index in [1.807, 2.05) is 0 Å². The second-order valence-corrected chi connectivity index (χ2v) is 3.51. The Balaban J connectivity index is 2.86. The van der Waals surface area contributed by atoms with Gasteiger partial charge in [0, 0.05) is 17.2 Å². The molecule has 0 saturated carbocycles. The lowest BCUT2D eigenvalue weighted by molar-refractivity contribution is -0.111. The van der Waals surface area contributed by atoms with Gasteiger partial charge < -0.3 is 15.3 Å². The third-order valence-corrected chi connectivity index (χ3v) is 2.52. The Labute approximate surface area is 90.3 Å². The van der Waals surface area contributed by atoms with Gasteiger partial charge in [0.1, 0.15) is 17.3 Å². The first-order valence-electron chi connectivity index (χ1n) is 4.48. The van der Waals surface area contributed by atoms with E-state index in [1.54, 1.807) is 0 Å². The summed E-state index contributed by atoms with van der Waals surface area (Å²) in [6.07, 6.45) is 0.751. The number of hydrogen-bond acceptors (Lipinski definition) is 5. The molecule has 0 spiro atoms. The van der Waals surface area contributed by atoms with E-state index >= 15 is 0 Å². The van der Waals surface area contributed by atoms with Crippen LogP contribution in [-0.4, -0.2) is 26.9 Å². The molecular formula is C11H8O5. The van der Waals surface area contributed by atoms with E-state index in [1.165, 1.54) is 6.92 Å². The molecule has 82 valence electrons. The third kappa shape index (κ3) is 1.18. The molecule has 2 rings (SSSR count). The maximum atomic E-state index is 11.5. The van der Waals surface area contributed by atoms with Crippen LogP contribution in [0.15, 0.2) is 12.1 Å². The van der Waals surface area contributed by atoms with Crippen molar-refractivity contribution in [2.45, 2.75) is 6.92 Å². The number of phenolic OH excluding ortho intramolecular Hbond substituents is 2. The number of Topliss-reactive ketones (excluding diaryl/α,β-unsaturated/α-hetero) is 1. The molecule has 0 saturated heterocycles. The second kappa shape index (κ2) is 3.10. The van der Waals surface area contributed by atoms with Crippen LogP contribution in [0.5, 0.6) is 11.5 Å². The highest BCUT2D eigenvalue weighted by atomic mass is 16.3. The number of aliphatic hydroxyl groups is 1. The number of aromatic hydroxyl groups is 2. The lowest BCUT2D eigenvalue weighted by Gasteiger charge is -2.15. The van der Waals surface area contributed by atoms with Gasteiger partial charge in [-0.3, -0.25) is 9.59 Å². The zero-order valence-electron chi connectivity index (χ0n) is 8.31. The fourth-order valence-corrected chi connectivity index (χ4v) is 1.59.